The summed E-state index contributed by atoms with van der Waals surface area (Å²) < 4.78 is 41.4. The number of thioether (sulfide) groups is 1. The number of benzene rings is 3. The topological polar surface area (TPSA) is 66.5 Å². The lowest BCUT2D eigenvalue weighted by atomic mass is 10.0. The first-order valence-electron chi connectivity index (χ1n) is 9.98. The van der Waals surface area contributed by atoms with E-state index in [1.807, 2.05) is 0 Å². The van der Waals surface area contributed by atoms with Crippen molar-refractivity contribution >= 4 is 56.6 Å². The highest BCUT2D eigenvalue weighted by Crippen LogP contribution is 2.43. The Morgan fingerprint density at radius 2 is 1.73 bits per heavy atom. The summed E-state index contributed by atoms with van der Waals surface area (Å²) in [5.41, 5.74) is 1.95. The van der Waals surface area contributed by atoms with E-state index in [-0.39, 0.29) is 10.6 Å². The molecule has 0 unspecified atom stereocenters. The number of fused-ring (bicyclic) bond motifs is 3. The van der Waals surface area contributed by atoms with Crippen molar-refractivity contribution in [2.75, 3.05) is 23.1 Å². The number of amides is 1. The molecule has 1 heterocycles. The van der Waals surface area contributed by atoms with Crippen LogP contribution in [0, 0.1) is 5.82 Å². The fourth-order valence-electron chi connectivity index (χ4n) is 3.57. The van der Waals surface area contributed by atoms with Gasteiger partial charge >= 0.3 is 0 Å². The van der Waals surface area contributed by atoms with Gasteiger partial charge in [-0.3, -0.25) is 9.10 Å². The van der Waals surface area contributed by atoms with Crippen molar-refractivity contribution < 1.29 is 17.6 Å². The fourth-order valence-corrected chi connectivity index (χ4v) is 6.81. The summed E-state index contributed by atoms with van der Waals surface area (Å²) in [5, 5.41) is 3.92. The lowest BCUT2D eigenvalue weighted by molar-refractivity contribution is -0.119. The number of halogens is 3. The SMILES string of the molecule is O=C(CN1c2ccc(F)cc2-c2ccccc2S1(=O)=O)NCCSCc1c(Cl)cccc1Cl. The van der Waals surface area contributed by atoms with Crippen molar-refractivity contribution in [1.29, 1.82) is 0 Å². The van der Waals surface area contributed by atoms with Crippen molar-refractivity contribution in [3.05, 3.63) is 82.1 Å². The molecule has 33 heavy (non-hydrogen) atoms. The Bertz CT molecular complexity index is 1300. The van der Waals surface area contributed by atoms with E-state index in [1.165, 1.54) is 24.3 Å². The summed E-state index contributed by atoms with van der Waals surface area (Å²) in [7, 11) is -3.97. The molecule has 0 saturated heterocycles. The minimum Gasteiger partial charge on any atom is -0.354 e. The maximum atomic E-state index is 13.9. The Morgan fingerprint density at radius 1 is 1.00 bits per heavy atom. The zero-order chi connectivity index (χ0) is 23.6. The predicted octanol–water partition coefficient (Wildman–Crippen LogP) is 5.36. The third-order valence-corrected chi connectivity index (χ3v) is 8.65. The first kappa shape index (κ1) is 23.9. The van der Waals surface area contributed by atoms with Gasteiger partial charge in [0.25, 0.3) is 10.0 Å². The Kier molecular flexibility index (Phi) is 7.19. The van der Waals surface area contributed by atoms with E-state index >= 15 is 0 Å². The zero-order valence-corrected chi connectivity index (χ0v) is 20.4. The molecule has 3 aromatic carbocycles. The first-order chi connectivity index (χ1) is 15.8. The molecular formula is C23H19Cl2FN2O3S2. The van der Waals surface area contributed by atoms with Crippen LogP contribution in [0.3, 0.4) is 0 Å². The summed E-state index contributed by atoms with van der Waals surface area (Å²) in [6.07, 6.45) is 0. The van der Waals surface area contributed by atoms with E-state index in [9.17, 15) is 17.6 Å². The van der Waals surface area contributed by atoms with Gasteiger partial charge < -0.3 is 5.32 Å². The standard InChI is InChI=1S/C23H19Cl2FN2O3S2/c24-19-5-3-6-20(25)18(19)14-32-11-10-27-23(29)13-28-21-9-8-15(26)12-17(21)16-4-1-2-7-22(16)33(28,30)31/h1-9,12H,10-11,13-14H2,(H,27,29). The molecule has 0 bridgehead atoms. The Hall–Kier alpha value is -2.26. The molecule has 0 saturated carbocycles. The number of nitrogens with one attached hydrogen (secondary N) is 1. The number of hydrogen-bond acceptors (Lipinski definition) is 4. The largest absolute Gasteiger partial charge is 0.354 e. The maximum Gasteiger partial charge on any atom is 0.265 e. The Morgan fingerprint density at radius 3 is 2.48 bits per heavy atom. The molecule has 10 heteroatoms. The molecule has 5 nitrogen and oxygen atoms in total. The van der Waals surface area contributed by atoms with Crippen molar-refractivity contribution in [3.63, 3.8) is 0 Å². The van der Waals surface area contributed by atoms with Gasteiger partial charge in [0.1, 0.15) is 12.4 Å². The van der Waals surface area contributed by atoms with Gasteiger partial charge in [-0.15, -0.1) is 0 Å². The minimum atomic E-state index is -3.97. The van der Waals surface area contributed by atoms with E-state index in [4.69, 9.17) is 23.2 Å². The van der Waals surface area contributed by atoms with E-state index < -0.39 is 28.3 Å². The van der Waals surface area contributed by atoms with E-state index in [1.54, 1.807) is 48.2 Å². The fraction of sp³-hybridized carbons (Fsp3) is 0.174. The van der Waals surface area contributed by atoms with Gasteiger partial charge in [-0.05, 0) is 42.0 Å². The van der Waals surface area contributed by atoms with Crippen LogP contribution >= 0.6 is 35.0 Å². The number of nitrogens with zero attached hydrogens (tertiary/aromatic N) is 1. The lowest BCUT2D eigenvalue weighted by Crippen LogP contribution is -2.43. The van der Waals surface area contributed by atoms with Crippen LogP contribution in [-0.4, -0.2) is 33.2 Å². The quantitative estimate of drug-likeness (QED) is 0.422. The summed E-state index contributed by atoms with van der Waals surface area (Å²) in [5.74, 6) is 0.238. The molecule has 4 rings (SSSR count). The van der Waals surface area contributed by atoms with Crippen LogP contribution in [0.4, 0.5) is 10.1 Å². The highest BCUT2D eigenvalue weighted by molar-refractivity contribution is 7.98. The zero-order valence-electron chi connectivity index (χ0n) is 17.2. The molecule has 1 N–H and O–H groups in total. The summed E-state index contributed by atoms with van der Waals surface area (Å²) in [4.78, 5) is 12.6. The van der Waals surface area contributed by atoms with E-state index in [2.05, 4.69) is 5.32 Å². The maximum absolute atomic E-state index is 13.9. The Balaban J connectivity index is 1.42. The smallest absolute Gasteiger partial charge is 0.265 e. The third kappa shape index (κ3) is 4.99. The molecular weight excluding hydrogens is 506 g/mol. The molecule has 0 fully saturated rings. The van der Waals surface area contributed by atoms with Gasteiger partial charge in [-0.2, -0.15) is 11.8 Å². The van der Waals surface area contributed by atoms with Crippen molar-refractivity contribution in [2.24, 2.45) is 0 Å². The predicted molar refractivity (Wildman–Crippen MR) is 132 cm³/mol. The number of carbonyl (C=O) groups is 1. The highest BCUT2D eigenvalue weighted by Gasteiger charge is 2.35. The molecule has 1 aliphatic heterocycles. The summed E-state index contributed by atoms with van der Waals surface area (Å²) in [6.45, 7) is -0.0668. The van der Waals surface area contributed by atoms with Gasteiger partial charge in [-0.25, -0.2) is 12.8 Å². The van der Waals surface area contributed by atoms with Crippen molar-refractivity contribution in [2.45, 2.75) is 10.6 Å². The van der Waals surface area contributed by atoms with Crippen LogP contribution in [0.15, 0.2) is 65.6 Å². The lowest BCUT2D eigenvalue weighted by Gasteiger charge is -2.31. The second-order valence-corrected chi connectivity index (χ2v) is 11.0. The molecule has 0 aromatic heterocycles. The number of carbonyl (C=O) groups excluding carboxylic acids is 1. The molecule has 0 spiro atoms. The third-order valence-electron chi connectivity index (χ3n) is 5.14. The average molecular weight is 525 g/mol. The molecule has 0 aliphatic carbocycles. The van der Waals surface area contributed by atoms with Gasteiger partial charge in [0.2, 0.25) is 5.91 Å². The van der Waals surface area contributed by atoms with Crippen molar-refractivity contribution in [3.8, 4) is 11.1 Å². The number of anilines is 1. The number of hydrogen-bond donors (Lipinski definition) is 1. The average Bonchev–Trinajstić information content (AvgIpc) is 2.78. The second-order valence-electron chi connectivity index (χ2n) is 7.27. The molecule has 0 atom stereocenters. The highest BCUT2D eigenvalue weighted by atomic mass is 35.5. The Labute approximate surface area is 205 Å². The van der Waals surface area contributed by atoms with Gasteiger partial charge in [0.05, 0.1) is 10.6 Å². The van der Waals surface area contributed by atoms with Crippen LogP contribution in [0.5, 0.6) is 0 Å². The number of rotatable bonds is 7. The molecule has 3 aromatic rings. The molecule has 172 valence electrons. The van der Waals surface area contributed by atoms with Crippen LogP contribution in [-0.2, 0) is 20.6 Å². The van der Waals surface area contributed by atoms with Crippen LogP contribution < -0.4 is 9.62 Å². The molecule has 0 radical (unpaired) electrons. The van der Waals surface area contributed by atoms with Crippen LogP contribution in [0.1, 0.15) is 5.56 Å². The van der Waals surface area contributed by atoms with Gasteiger partial charge in [0, 0.05) is 39.2 Å². The summed E-state index contributed by atoms with van der Waals surface area (Å²) in [6, 6.07) is 15.5. The van der Waals surface area contributed by atoms with Crippen LogP contribution in [0.2, 0.25) is 10.0 Å². The summed E-state index contributed by atoms with van der Waals surface area (Å²) >= 11 is 13.9. The van der Waals surface area contributed by atoms with Gasteiger partial charge in [0.15, 0.2) is 0 Å². The van der Waals surface area contributed by atoms with Gasteiger partial charge in [-0.1, -0.05) is 47.5 Å². The van der Waals surface area contributed by atoms with E-state index in [0.29, 0.717) is 39.2 Å². The van der Waals surface area contributed by atoms with Crippen LogP contribution in [0.25, 0.3) is 11.1 Å². The monoisotopic (exact) mass is 524 g/mol. The molecule has 1 amide bonds. The van der Waals surface area contributed by atoms with E-state index in [0.717, 1.165) is 9.87 Å². The minimum absolute atomic E-state index is 0.0445. The first-order valence-corrected chi connectivity index (χ1v) is 13.3. The molecule has 1 aliphatic rings. The normalized spacial score (nSPS) is 13.8. The van der Waals surface area contributed by atoms with Crippen molar-refractivity contribution in [1.82, 2.24) is 5.32 Å². The number of sulfonamides is 1. The second kappa shape index (κ2) is 9.93.